The van der Waals surface area contributed by atoms with E-state index in [0.29, 0.717) is 0 Å². The van der Waals surface area contributed by atoms with Gasteiger partial charge in [0.25, 0.3) is 0 Å². The van der Waals surface area contributed by atoms with Crippen molar-refractivity contribution in [3.63, 3.8) is 0 Å². The normalized spacial score (nSPS) is 11.9. The summed E-state index contributed by atoms with van der Waals surface area (Å²) in [5.41, 5.74) is 20.2. The molecule has 11 rings (SSSR count). The van der Waals surface area contributed by atoms with Gasteiger partial charge in [-0.2, -0.15) is 0 Å². The molecule has 0 saturated carbocycles. The average Bonchev–Trinajstić information content (AvgIpc) is 3.81. The Hall–Kier alpha value is -7.30. The maximum atomic E-state index is 6.80. The fraction of sp³-hybridized carbons (Fsp3) is 0.138. The predicted octanol–water partition coefficient (Wildman–Crippen LogP) is 17.2. The summed E-state index contributed by atoms with van der Waals surface area (Å²) in [6.45, 7) is 17.5. The lowest BCUT2D eigenvalue weighted by atomic mass is 10.0. The van der Waals surface area contributed by atoms with Crippen molar-refractivity contribution in [3.05, 3.63) is 190 Å². The maximum Gasteiger partial charge on any atom is 0.178 e. The van der Waals surface area contributed by atoms with Crippen molar-refractivity contribution in [2.24, 2.45) is 0 Å². The molecule has 0 aliphatic carbocycles. The summed E-state index contributed by atoms with van der Waals surface area (Å²) in [4.78, 5) is 4.72. The fourth-order valence-corrected chi connectivity index (χ4v) is 9.37. The second-order valence-electron chi connectivity index (χ2n) is 17.5. The standard InChI is InChI=1S/C58H48N2O2/c1-33-9-15-45(16-10-33)59(49-23-35(3)39(7)36(4)24-49)47-19-13-41-29-53-51-21-22-52-54-30-42-14-20-48(28-44(42)32-56(54)62-58(52)57(51)61-55(53)31-43(41)27-47)60(46-17-11-34(2)12-18-46)50-25-37(5)40(8)38(6)26-50/h9-32H,1-8H3. The second-order valence-corrected chi connectivity index (χ2v) is 17.5. The summed E-state index contributed by atoms with van der Waals surface area (Å²) >= 11 is 0. The van der Waals surface area contributed by atoms with Gasteiger partial charge in [0, 0.05) is 55.7 Å². The molecule has 0 radical (unpaired) electrons. The minimum Gasteiger partial charge on any atom is -0.452 e. The molecule has 302 valence electrons. The smallest absolute Gasteiger partial charge is 0.178 e. The van der Waals surface area contributed by atoms with Gasteiger partial charge in [0.15, 0.2) is 11.2 Å². The molecule has 9 aromatic carbocycles. The monoisotopic (exact) mass is 804 g/mol. The Morgan fingerprint density at radius 3 is 1.02 bits per heavy atom. The summed E-state index contributed by atoms with van der Waals surface area (Å²) in [5, 5.41) is 8.81. The maximum absolute atomic E-state index is 6.80. The molecule has 0 atom stereocenters. The van der Waals surface area contributed by atoms with E-state index < -0.39 is 0 Å². The zero-order chi connectivity index (χ0) is 42.6. The first-order valence-electron chi connectivity index (χ1n) is 21.6. The van der Waals surface area contributed by atoms with E-state index in [1.54, 1.807) is 0 Å². The van der Waals surface area contributed by atoms with Crippen LogP contribution in [0.15, 0.2) is 154 Å². The number of hydrogen-bond acceptors (Lipinski definition) is 4. The third kappa shape index (κ3) is 6.12. The van der Waals surface area contributed by atoms with Crippen molar-refractivity contribution in [3.8, 4) is 0 Å². The first-order valence-corrected chi connectivity index (χ1v) is 21.6. The van der Waals surface area contributed by atoms with E-state index in [1.807, 2.05) is 0 Å². The summed E-state index contributed by atoms with van der Waals surface area (Å²) in [6, 6.07) is 53.5. The van der Waals surface area contributed by atoms with Crippen LogP contribution in [0.1, 0.15) is 44.5 Å². The summed E-state index contributed by atoms with van der Waals surface area (Å²) in [7, 11) is 0. The van der Waals surface area contributed by atoms with E-state index in [0.717, 1.165) is 99.5 Å². The summed E-state index contributed by atoms with van der Waals surface area (Å²) < 4.78 is 13.6. The number of nitrogens with zero attached hydrogens (tertiary/aromatic N) is 2. The van der Waals surface area contributed by atoms with Crippen LogP contribution in [0.5, 0.6) is 0 Å². The zero-order valence-electron chi connectivity index (χ0n) is 36.6. The van der Waals surface area contributed by atoms with Crippen molar-refractivity contribution in [2.75, 3.05) is 9.80 Å². The molecule has 0 aliphatic heterocycles. The molecule has 0 unspecified atom stereocenters. The van der Waals surface area contributed by atoms with Crippen LogP contribution in [0.2, 0.25) is 0 Å². The number of fused-ring (bicyclic) bond motifs is 9. The van der Waals surface area contributed by atoms with Crippen LogP contribution in [-0.4, -0.2) is 0 Å². The lowest BCUT2D eigenvalue weighted by Crippen LogP contribution is -2.11. The molecule has 4 heteroatoms. The third-order valence-electron chi connectivity index (χ3n) is 13.4. The minimum absolute atomic E-state index is 0.775. The number of hydrogen-bond donors (Lipinski definition) is 0. The minimum atomic E-state index is 0.775. The number of rotatable bonds is 6. The molecule has 4 nitrogen and oxygen atoms in total. The highest BCUT2D eigenvalue weighted by atomic mass is 16.4. The molecule has 0 bridgehead atoms. The molecule has 0 saturated heterocycles. The van der Waals surface area contributed by atoms with Crippen LogP contribution in [0.4, 0.5) is 34.1 Å². The zero-order valence-corrected chi connectivity index (χ0v) is 36.6. The topological polar surface area (TPSA) is 32.8 Å². The van der Waals surface area contributed by atoms with E-state index in [4.69, 9.17) is 8.83 Å². The first kappa shape index (κ1) is 37.7. The highest BCUT2D eigenvalue weighted by Crippen LogP contribution is 2.44. The third-order valence-corrected chi connectivity index (χ3v) is 13.4. The molecule has 11 aromatic rings. The van der Waals surface area contributed by atoms with Gasteiger partial charge < -0.3 is 18.6 Å². The molecule has 0 spiro atoms. The average molecular weight is 805 g/mol. The Balaban J connectivity index is 1.03. The van der Waals surface area contributed by atoms with Gasteiger partial charge in [0.1, 0.15) is 11.2 Å². The van der Waals surface area contributed by atoms with Crippen LogP contribution in [0, 0.1) is 55.4 Å². The summed E-state index contributed by atoms with van der Waals surface area (Å²) in [5.74, 6) is 0. The molecule has 0 fully saturated rings. The van der Waals surface area contributed by atoms with Crippen molar-refractivity contribution in [1.82, 2.24) is 0 Å². The van der Waals surface area contributed by atoms with Gasteiger partial charge >= 0.3 is 0 Å². The van der Waals surface area contributed by atoms with E-state index in [1.165, 1.54) is 44.5 Å². The largest absolute Gasteiger partial charge is 0.452 e. The Labute approximate surface area is 362 Å². The molecule has 0 N–H and O–H groups in total. The lowest BCUT2D eigenvalue weighted by Gasteiger charge is -2.27. The number of benzene rings is 9. The molecule has 2 heterocycles. The molecular formula is C58H48N2O2. The molecular weight excluding hydrogens is 757 g/mol. The van der Waals surface area contributed by atoms with Crippen molar-refractivity contribution < 1.29 is 8.83 Å². The quantitative estimate of drug-likeness (QED) is 0.168. The fourth-order valence-electron chi connectivity index (χ4n) is 9.37. The van der Waals surface area contributed by atoms with Crippen molar-refractivity contribution in [2.45, 2.75) is 55.4 Å². The van der Waals surface area contributed by atoms with E-state index >= 15 is 0 Å². The van der Waals surface area contributed by atoms with Crippen LogP contribution < -0.4 is 9.80 Å². The van der Waals surface area contributed by atoms with Gasteiger partial charge in [-0.3, -0.25) is 0 Å². The van der Waals surface area contributed by atoms with Crippen LogP contribution in [0.25, 0.3) is 65.4 Å². The summed E-state index contributed by atoms with van der Waals surface area (Å²) in [6.07, 6.45) is 0. The van der Waals surface area contributed by atoms with Crippen molar-refractivity contribution in [1.29, 1.82) is 0 Å². The molecule has 0 amide bonds. The van der Waals surface area contributed by atoms with Gasteiger partial charge in [-0.25, -0.2) is 0 Å². The Morgan fingerprint density at radius 2 is 0.645 bits per heavy atom. The predicted molar refractivity (Wildman–Crippen MR) is 263 cm³/mol. The van der Waals surface area contributed by atoms with Crippen LogP contribution >= 0.6 is 0 Å². The second kappa shape index (κ2) is 14.1. The number of aryl methyl sites for hydroxylation is 6. The molecule has 0 aliphatic rings. The number of anilines is 6. The van der Waals surface area contributed by atoms with E-state index in [2.05, 4.69) is 211 Å². The van der Waals surface area contributed by atoms with Gasteiger partial charge in [0.2, 0.25) is 0 Å². The first-order chi connectivity index (χ1) is 30.0. The Kier molecular flexibility index (Phi) is 8.59. The number of furan rings is 2. The van der Waals surface area contributed by atoms with Gasteiger partial charge in [-0.1, -0.05) is 47.5 Å². The molecule has 62 heavy (non-hydrogen) atoms. The highest BCUT2D eigenvalue weighted by Gasteiger charge is 2.21. The highest BCUT2D eigenvalue weighted by molar-refractivity contribution is 6.21. The van der Waals surface area contributed by atoms with Gasteiger partial charge in [-0.15, -0.1) is 0 Å². The van der Waals surface area contributed by atoms with Crippen LogP contribution in [0.3, 0.4) is 0 Å². The van der Waals surface area contributed by atoms with Crippen molar-refractivity contribution >= 4 is 99.5 Å². The lowest BCUT2D eigenvalue weighted by molar-refractivity contribution is 0.634. The SMILES string of the molecule is Cc1ccc(N(c2cc(C)c(C)c(C)c2)c2ccc3cc4c(cc3c2)oc2c4ccc3c4cc5ccc(N(c6ccc(C)cc6)c6cc(C)c(C)c(C)c6)cc5cc4oc32)cc1. The van der Waals surface area contributed by atoms with E-state index in [9.17, 15) is 0 Å². The van der Waals surface area contributed by atoms with Crippen LogP contribution in [-0.2, 0) is 0 Å². The van der Waals surface area contributed by atoms with Gasteiger partial charge in [-0.05, 0) is 220 Å². The Morgan fingerprint density at radius 1 is 0.290 bits per heavy atom. The Bertz CT molecular complexity index is 3320. The van der Waals surface area contributed by atoms with E-state index in [-0.39, 0.29) is 0 Å². The van der Waals surface area contributed by atoms with Gasteiger partial charge in [0.05, 0.1) is 0 Å². The molecule has 2 aromatic heterocycles.